The molecule has 1 aromatic rings. The van der Waals surface area contributed by atoms with Crippen LogP contribution in [-0.2, 0) is 0 Å². The molecule has 0 fully saturated rings. The van der Waals surface area contributed by atoms with Gasteiger partial charge in [-0.3, -0.25) is 4.79 Å². The van der Waals surface area contributed by atoms with Gasteiger partial charge in [0.15, 0.2) is 0 Å². The first-order valence-electron chi connectivity index (χ1n) is 5.68. The molecule has 1 amide bonds. The van der Waals surface area contributed by atoms with E-state index in [1.165, 1.54) is 0 Å². The summed E-state index contributed by atoms with van der Waals surface area (Å²) in [6.07, 6.45) is 0. The first-order chi connectivity index (χ1) is 7.90. The van der Waals surface area contributed by atoms with Gasteiger partial charge in [-0.1, -0.05) is 26.0 Å². The molecule has 17 heavy (non-hydrogen) atoms. The van der Waals surface area contributed by atoms with Crippen LogP contribution in [0.25, 0.3) is 0 Å². The maximum absolute atomic E-state index is 12.2. The van der Waals surface area contributed by atoms with Crippen LogP contribution in [0.2, 0.25) is 0 Å². The van der Waals surface area contributed by atoms with Gasteiger partial charge in [-0.15, -0.1) is 0 Å². The van der Waals surface area contributed by atoms with E-state index in [1.54, 1.807) is 0 Å². The van der Waals surface area contributed by atoms with Crippen LogP contribution in [0, 0.1) is 9.49 Å². The Kier molecular flexibility index (Phi) is 4.94. The van der Waals surface area contributed by atoms with Crippen molar-refractivity contribution in [3.63, 3.8) is 0 Å². The first kappa shape index (κ1) is 14.4. The fourth-order valence-corrected chi connectivity index (χ4v) is 2.04. The Morgan fingerprint density at radius 2 is 2.06 bits per heavy atom. The van der Waals surface area contributed by atoms with Gasteiger partial charge in [-0.05, 0) is 47.6 Å². The van der Waals surface area contributed by atoms with Gasteiger partial charge < -0.3 is 11.1 Å². The van der Waals surface area contributed by atoms with Crippen molar-refractivity contribution in [2.45, 2.75) is 26.3 Å². The summed E-state index contributed by atoms with van der Waals surface area (Å²) in [5, 5.41) is 3.03. The van der Waals surface area contributed by atoms with Crippen molar-refractivity contribution in [3.8, 4) is 0 Å². The summed E-state index contributed by atoms with van der Waals surface area (Å²) in [5.41, 5.74) is 6.09. The molecule has 0 saturated carbocycles. The molecule has 0 bridgehead atoms. The Morgan fingerprint density at radius 1 is 1.47 bits per heavy atom. The van der Waals surface area contributed by atoms with E-state index in [2.05, 4.69) is 41.8 Å². The van der Waals surface area contributed by atoms with E-state index in [0.717, 1.165) is 3.57 Å². The molecular formula is C13H19IN2O. The van der Waals surface area contributed by atoms with Crippen LogP contribution in [0.3, 0.4) is 0 Å². The highest BCUT2D eigenvalue weighted by Gasteiger charge is 2.29. The average Bonchev–Trinajstić information content (AvgIpc) is 2.29. The van der Waals surface area contributed by atoms with Gasteiger partial charge in [-0.25, -0.2) is 0 Å². The van der Waals surface area contributed by atoms with E-state index in [0.29, 0.717) is 12.1 Å². The lowest BCUT2D eigenvalue weighted by atomic mass is 9.88. The molecule has 0 aliphatic carbocycles. The lowest BCUT2D eigenvalue weighted by Gasteiger charge is -2.33. The molecule has 94 valence electrons. The zero-order chi connectivity index (χ0) is 13.1. The summed E-state index contributed by atoms with van der Waals surface area (Å²) in [4.78, 5) is 12.2. The quantitative estimate of drug-likeness (QED) is 0.823. The van der Waals surface area contributed by atoms with E-state index in [9.17, 15) is 4.79 Å². The van der Waals surface area contributed by atoms with E-state index >= 15 is 0 Å². The lowest BCUT2D eigenvalue weighted by Crippen LogP contribution is -2.55. The van der Waals surface area contributed by atoms with Gasteiger partial charge in [0, 0.05) is 10.1 Å². The van der Waals surface area contributed by atoms with Crippen molar-refractivity contribution in [3.05, 3.63) is 33.4 Å². The molecule has 0 spiro atoms. The molecule has 0 saturated heterocycles. The summed E-state index contributed by atoms with van der Waals surface area (Å²) in [7, 11) is 0. The minimum absolute atomic E-state index is 0.0587. The first-order valence-corrected chi connectivity index (χ1v) is 6.75. The van der Waals surface area contributed by atoms with Crippen molar-refractivity contribution in [1.29, 1.82) is 0 Å². The fraction of sp³-hybridized carbons (Fsp3) is 0.462. The molecule has 4 heteroatoms. The Morgan fingerprint density at radius 3 is 2.53 bits per heavy atom. The maximum Gasteiger partial charge on any atom is 0.252 e. The fourth-order valence-electron chi connectivity index (χ4n) is 1.40. The van der Waals surface area contributed by atoms with E-state index in [-0.39, 0.29) is 17.4 Å². The molecule has 0 radical (unpaired) electrons. The normalized spacial score (nSPS) is 14.5. The van der Waals surface area contributed by atoms with Crippen molar-refractivity contribution < 1.29 is 4.79 Å². The van der Waals surface area contributed by atoms with E-state index in [4.69, 9.17) is 5.73 Å². The predicted octanol–water partition coefficient (Wildman–Crippen LogP) is 2.39. The number of benzene rings is 1. The predicted molar refractivity (Wildman–Crippen MR) is 78.9 cm³/mol. The SMILES string of the molecule is CC(C)C(C)(CN)NC(=O)c1ccccc1I. The molecule has 3 nitrogen and oxygen atoms in total. The van der Waals surface area contributed by atoms with Gasteiger partial charge in [-0.2, -0.15) is 0 Å². The number of hydrogen-bond donors (Lipinski definition) is 2. The number of rotatable bonds is 4. The van der Waals surface area contributed by atoms with E-state index < -0.39 is 0 Å². The van der Waals surface area contributed by atoms with Gasteiger partial charge >= 0.3 is 0 Å². The third kappa shape index (κ3) is 3.42. The van der Waals surface area contributed by atoms with Crippen LogP contribution >= 0.6 is 22.6 Å². The number of amides is 1. The van der Waals surface area contributed by atoms with Crippen LogP contribution in [0.15, 0.2) is 24.3 Å². The molecule has 0 heterocycles. The Labute approximate surface area is 116 Å². The second-order valence-electron chi connectivity index (χ2n) is 4.71. The third-order valence-corrected chi connectivity index (χ3v) is 4.16. The zero-order valence-corrected chi connectivity index (χ0v) is 12.6. The van der Waals surface area contributed by atoms with Gasteiger partial charge in [0.2, 0.25) is 0 Å². The van der Waals surface area contributed by atoms with Gasteiger partial charge in [0.25, 0.3) is 5.91 Å². The summed E-state index contributed by atoms with van der Waals surface area (Å²) in [6.45, 7) is 6.53. The van der Waals surface area contributed by atoms with Crippen molar-refractivity contribution in [2.75, 3.05) is 6.54 Å². The number of nitrogens with one attached hydrogen (secondary N) is 1. The molecule has 0 aromatic heterocycles. The maximum atomic E-state index is 12.2. The Bertz CT molecular complexity index is 406. The second-order valence-corrected chi connectivity index (χ2v) is 5.87. The third-order valence-electron chi connectivity index (χ3n) is 3.22. The van der Waals surface area contributed by atoms with Crippen molar-refractivity contribution in [2.24, 2.45) is 11.7 Å². The summed E-state index contributed by atoms with van der Waals surface area (Å²) in [5.74, 6) is 0.231. The van der Waals surface area contributed by atoms with Gasteiger partial charge in [0.05, 0.1) is 11.1 Å². The highest BCUT2D eigenvalue weighted by atomic mass is 127. The number of carbonyl (C=O) groups is 1. The van der Waals surface area contributed by atoms with Gasteiger partial charge in [0.1, 0.15) is 0 Å². The molecular weight excluding hydrogens is 327 g/mol. The molecule has 1 rings (SSSR count). The molecule has 0 aliphatic rings. The summed E-state index contributed by atoms with van der Waals surface area (Å²) < 4.78 is 0.950. The molecule has 0 aliphatic heterocycles. The molecule has 1 unspecified atom stereocenters. The number of hydrogen-bond acceptors (Lipinski definition) is 2. The van der Waals surface area contributed by atoms with Crippen LogP contribution in [0.4, 0.5) is 0 Å². The average molecular weight is 346 g/mol. The molecule has 3 N–H and O–H groups in total. The number of halogens is 1. The lowest BCUT2D eigenvalue weighted by molar-refractivity contribution is 0.0882. The van der Waals surface area contributed by atoms with E-state index in [1.807, 2.05) is 31.2 Å². The standard InChI is InChI=1S/C13H19IN2O/c1-9(2)13(3,8-15)16-12(17)10-6-4-5-7-11(10)14/h4-7,9H,8,15H2,1-3H3,(H,16,17). The minimum atomic E-state index is -0.365. The van der Waals surface area contributed by atoms with Crippen LogP contribution in [-0.4, -0.2) is 18.0 Å². The Balaban J connectivity index is 2.90. The number of carbonyl (C=O) groups excluding carboxylic acids is 1. The monoisotopic (exact) mass is 346 g/mol. The summed E-state index contributed by atoms with van der Waals surface area (Å²) >= 11 is 2.16. The molecule has 1 aromatic carbocycles. The topological polar surface area (TPSA) is 55.1 Å². The van der Waals surface area contributed by atoms with Crippen LogP contribution < -0.4 is 11.1 Å². The van der Waals surface area contributed by atoms with Crippen LogP contribution in [0.5, 0.6) is 0 Å². The van der Waals surface area contributed by atoms with Crippen molar-refractivity contribution >= 4 is 28.5 Å². The molecule has 1 atom stereocenters. The largest absolute Gasteiger partial charge is 0.345 e. The highest BCUT2D eigenvalue weighted by Crippen LogP contribution is 2.17. The van der Waals surface area contributed by atoms with Crippen LogP contribution in [0.1, 0.15) is 31.1 Å². The Hall–Kier alpha value is -0.620. The summed E-state index contributed by atoms with van der Waals surface area (Å²) in [6, 6.07) is 7.54. The second kappa shape index (κ2) is 5.82. The number of nitrogens with two attached hydrogens (primary N) is 1. The smallest absolute Gasteiger partial charge is 0.252 e. The minimum Gasteiger partial charge on any atom is -0.345 e. The van der Waals surface area contributed by atoms with Crippen molar-refractivity contribution in [1.82, 2.24) is 5.32 Å². The zero-order valence-electron chi connectivity index (χ0n) is 10.5. The highest BCUT2D eigenvalue weighted by molar-refractivity contribution is 14.1.